The van der Waals surface area contributed by atoms with Gasteiger partial charge in [-0.15, -0.1) is 0 Å². The van der Waals surface area contributed by atoms with Crippen LogP contribution in [0.5, 0.6) is 0 Å². The van der Waals surface area contributed by atoms with E-state index in [1.807, 2.05) is 17.0 Å². The second-order valence-electron chi connectivity index (χ2n) is 7.98. The van der Waals surface area contributed by atoms with E-state index in [0.29, 0.717) is 17.3 Å². The van der Waals surface area contributed by atoms with Gasteiger partial charge in [-0.25, -0.2) is 0 Å². The van der Waals surface area contributed by atoms with E-state index in [1.165, 1.54) is 15.8 Å². The molecule has 0 radical (unpaired) electrons. The van der Waals surface area contributed by atoms with E-state index in [9.17, 15) is 14.9 Å². The standard InChI is InChI=1S/C20H25N5O3/c1-12-5-6-17-15(9-12)16-10-22(4)8-7-18(16)24(17)19(26)11-23-14(3)20(25(27)28)13(2)21-23/h5-6,9,16,18H,7-8,10-11H2,1-4H3/t16-,18-/m1/s1. The lowest BCUT2D eigenvalue weighted by atomic mass is 9.89. The van der Waals surface area contributed by atoms with Crippen LogP contribution in [0.3, 0.4) is 0 Å². The van der Waals surface area contributed by atoms with Gasteiger partial charge in [0, 0.05) is 24.2 Å². The minimum absolute atomic E-state index is 0.00683. The summed E-state index contributed by atoms with van der Waals surface area (Å²) in [6.45, 7) is 7.20. The molecule has 148 valence electrons. The molecule has 28 heavy (non-hydrogen) atoms. The van der Waals surface area contributed by atoms with Crippen LogP contribution in [0, 0.1) is 30.9 Å². The van der Waals surface area contributed by atoms with Crippen molar-refractivity contribution in [2.45, 2.75) is 45.7 Å². The predicted molar refractivity (Wildman–Crippen MR) is 106 cm³/mol. The van der Waals surface area contributed by atoms with Gasteiger partial charge >= 0.3 is 5.69 Å². The van der Waals surface area contributed by atoms with Crippen molar-refractivity contribution in [3.05, 3.63) is 50.8 Å². The smallest absolute Gasteiger partial charge is 0.307 e. The zero-order valence-corrected chi connectivity index (χ0v) is 16.7. The van der Waals surface area contributed by atoms with Gasteiger partial charge < -0.3 is 9.80 Å². The highest BCUT2D eigenvalue weighted by Gasteiger charge is 2.44. The molecule has 0 unspecified atom stereocenters. The first kappa shape index (κ1) is 18.6. The maximum Gasteiger partial charge on any atom is 0.312 e. The Hall–Kier alpha value is -2.74. The number of amides is 1. The fraction of sp³-hybridized carbons (Fsp3) is 0.500. The van der Waals surface area contributed by atoms with Crippen molar-refractivity contribution >= 4 is 17.3 Å². The number of hydrogen-bond donors (Lipinski definition) is 0. The molecule has 2 atom stereocenters. The highest BCUT2D eigenvalue weighted by Crippen LogP contribution is 2.45. The van der Waals surface area contributed by atoms with Gasteiger partial charge in [0.15, 0.2) is 0 Å². The number of piperidine rings is 1. The van der Waals surface area contributed by atoms with Crippen LogP contribution < -0.4 is 4.90 Å². The summed E-state index contributed by atoms with van der Waals surface area (Å²) < 4.78 is 1.46. The number of likely N-dealkylation sites (tertiary alicyclic amines) is 1. The zero-order chi connectivity index (χ0) is 20.2. The van der Waals surface area contributed by atoms with Crippen LogP contribution in [0.1, 0.15) is 34.9 Å². The number of hydrogen-bond acceptors (Lipinski definition) is 5. The Bertz CT molecular complexity index is 967. The van der Waals surface area contributed by atoms with Gasteiger partial charge in [-0.3, -0.25) is 19.6 Å². The molecule has 2 aromatic rings. The Morgan fingerprint density at radius 3 is 2.75 bits per heavy atom. The SMILES string of the molecule is Cc1ccc2c(c1)[C@H]1CN(C)CC[C@H]1N2C(=O)Cn1nc(C)c([N+](=O)[O-])c1C. The molecule has 4 rings (SSSR count). The molecule has 0 aliphatic carbocycles. The number of nitro groups is 1. The second-order valence-corrected chi connectivity index (χ2v) is 7.98. The lowest BCUT2D eigenvalue weighted by Gasteiger charge is -2.36. The number of fused-ring (bicyclic) bond motifs is 3. The van der Waals surface area contributed by atoms with Crippen molar-refractivity contribution in [1.82, 2.24) is 14.7 Å². The maximum absolute atomic E-state index is 13.3. The molecule has 0 spiro atoms. The molecule has 0 saturated carbocycles. The highest BCUT2D eigenvalue weighted by atomic mass is 16.6. The van der Waals surface area contributed by atoms with Crippen LogP contribution in [0.15, 0.2) is 18.2 Å². The Morgan fingerprint density at radius 2 is 2.07 bits per heavy atom. The summed E-state index contributed by atoms with van der Waals surface area (Å²) in [5.74, 6) is 0.232. The lowest BCUT2D eigenvalue weighted by Crippen LogP contribution is -2.48. The van der Waals surface area contributed by atoms with Crippen molar-refractivity contribution in [3.8, 4) is 0 Å². The van der Waals surface area contributed by atoms with Crippen LogP contribution in [-0.4, -0.2) is 51.7 Å². The summed E-state index contributed by atoms with van der Waals surface area (Å²) in [7, 11) is 2.12. The van der Waals surface area contributed by atoms with Crippen molar-refractivity contribution < 1.29 is 9.72 Å². The summed E-state index contributed by atoms with van der Waals surface area (Å²) in [6, 6.07) is 6.39. The number of carbonyl (C=O) groups excluding carboxylic acids is 1. The van der Waals surface area contributed by atoms with E-state index >= 15 is 0 Å². The van der Waals surface area contributed by atoms with Crippen LogP contribution >= 0.6 is 0 Å². The molecular formula is C20H25N5O3. The Morgan fingerprint density at radius 1 is 1.32 bits per heavy atom. The first-order valence-electron chi connectivity index (χ1n) is 9.57. The average Bonchev–Trinajstić information content (AvgIpc) is 3.08. The number of likely N-dealkylation sites (N-methyl/N-ethyl adjacent to an activating group) is 1. The highest BCUT2D eigenvalue weighted by molar-refractivity contribution is 5.96. The van der Waals surface area contributed by atoms with Crippen molar-refractivity contribution in [1.29, 1.82) is 0 Å². The van der Waals surface area contributed by atoms with Gasteiger partial charge in [0.25, 0.3) is 0 Å². The van der Waals surface area contributed by atoms with Crippen molar-refractivity contribution in [2.24, 2.45) is 0 Å². The number of nitrogens with zero attached hydrogens (tertiary/aromatic N) is 5. The average molecular weight is 383 g/mol. The largest absolute Gasteiger partial charge is 0.312 e. The van der Waals surface area contributed by atoms with Crippen LogP contribution in [0.2, 0.25) is 0 Å². The summed E-state index contributed by atoms with van der Waals surface area (Å²) in [5, 5.41) is 15.5. The van der Waals surface area contributed by atoms with Gasteiger partial charge in [0.1, 0.15) is 17.9 Å². The molecule has 1 amide bonds. The maximum atomic E-state index is 13.3. The minimum Gasteiger partial charge on any atom is -0.307 e. The van der Waals surface area contributed by atoms with Gasteiger partial charge in [-0.05, 0) is 52.4 Å². The Labute approximate surface area is 163 Å². The van der Waals surface area contributed by atoms with Crippen LogP contribution in [0.4, 0.5) is 11.4 Å². The number of rotatable bonds is 3. The molecule has 1 fully saturated rings. The number of anilines is 1. The van der Waals surface area contributed by atoms with E-state index in [2.05, 4.69) is 30.0 Å². The van der Waals surface area contributed by atoms with E-state index in [0.717, 1.165) is 25.2 Å². The van der Waals surface area contributed by atoms with E-state index in [-0.39, 0.29) is 24.2 Å². The van der Waals surface area contributed by atoms with Gasteiger partial charge in [0.05, 0.1) is 4.92 Å². The van der Waals surface area contributed by atoms with Gasteiger partial charge in [-0.1, -0.05) is 17.7 Å². The topological polar surface area (TPSA) is 84.5 Å². The summed E-state index contributed by atoms with van der Waals surface area (Å²) >= 11 is 0. The molecule has 8 nitrogen and oxygen atoms in total. The third kappa shape index (κ3) is 2.88. The molecule has 1 saturated heterocycles. The second kappa shape index (κ2) is 6.70. The first-order chi connectivity index (χ1) is 13.3. The minimum atomic E-state index is -0.431. The molecule has 1 aromatic heterocycles. The number of benzene rings is 1. The number of aryl methyl sites for hydroxylation is 2. The molecule has 0 N–H and O–H groups in total. The molecular weight excluding hydrogens is 358 g/mol. The van der Waals surface area contributed by atoms with Crippen molar-refractivity contribution in [3.63, 3.8) is 0 Å². The zero-order valence-electron chi connectivity index (χ0n) is 16.7. The number of aromatic nitrogens is 2. The van der Waals surface area contributed by atoms with E-state index in [1.54, 1.807) is 13.8 Å². The van der Waals surface area contributed by atoms with Gasteiger partial charge in [0.2, 0.25) is 5.91 Å². The molecule has 0 bridgehead atoms. The molecule has 1 aromatic carbocycles. The Kier molecular flexibility index (Phi) is 4.45. The number of carbonyl (C=O) groups is 1. The summed E-state index contributed by atoms with van der Waals surface area (Å²) in [4.78, 5) is 28.4. The van der Waals surface area contributed by atoms with Gasteiger partial charge in [-0.2, -0.15) is 5.10 Å². The Balaban J connectivity index is 1.68. The third-order valence-corrected chi connectivity index (χ3v) is 6.03. The van der Waals surface area contributed by atoms with E-state index < -0.39 is 4.92 Å². The molecule has 2 aliphatic rings. The third-order valence-electron chi connectivity index (χ3n) is 6.03. The predicted octanol–water partition coefficient (Wildman–Crippen LogP) is 2.55. The van der Waals surface area contributed by atoms with Crippen LogP contribution in [-0.2, 0) is 11.3 Å². The summed E-state index contributed by atoms with van der Waals surface area (Å²) in [5.41, 5.74) is 4.13. The monoisotopic (exact) mass is 383 g/mol. The van der Waals surface area contributed by atoms with Crippen molar-refractivity contribution in [2.75, 3.05) is 25.0 Å². The van der Waals surface area contributed by atoms with Crippen LogP contribution in [0.25, 0.3) is 0 Å². The molecule has 3 heterocycles. The fourth-order valence-corrected chi connectivity index (χ4v) is 4.72. The molecule has 8 heteroatoms. The van der Waals surface area contributed by atoms with E-state index in [4.69, 9.17) is 0 Å². The molecule has 2 aliphatic heterocycles. The first-order valence-corrected chi connectivity index (χ1v) is 9.57. The normalized spacial score (nSPS) is 21.5. The summed E-state index contributed by atoms with van der Waals surface area (Å²) in [6.07, 6.45) is 0.915. The fourth-order valence-electron chi connectivity index (χ4n) is 4.72. The quantitative estimate of drug-likeness (QED) is 0.601. The lowest BCUT2D eigenvalue weighted by molar-refractivity contribution is -0.386.